The van der Waals surface area contributed by atoms with Gasteiger partial charge in [-0.25, -0.2) is 0 Å². The number of rotatable bonds is 5. The van der Waals surface area contributed by atoms with E-state index in [0.717, 1.165) is 31.2 Å². The summed E-state index contributed by atoms with van der Waals surface area (Å²) < 4.78 is 0. The Morgan fingerprint density at radius 1 is 1.12 bits per heavy atom. The molecule has 1 aromatic carbocycles. The van der Waals surface area contributed by atoms with Crippen molar-refractivity contribution in [2.75, 3.05) is 6.54 Å². The second-order valence-electron chi connectivity index (χ2n) is 6.66. The van der Waals surface area contributed by atoms with Gasteiger partial charge in [0.1, 0.15) is 0 Å². The molecule has 1 aromatic rings. The zero-order valence-corrected chi connectivity index (χ0v) is 14.0. The normalized spacial score (nSPS) is 22.4. The summed E-state index contributed by atoms with van der Waals surface area (Å²) in [6, 6.07) is 9.02. The van der Waals surface area contributed by atoms with Crippen LogP contribution in [0.4, 0.5) is 0 Å². The first kappa shape index (κ1) is 17.2. The third-order valence-corrected chi connectivity index (χ3v) is 5.07. The van der Waals surface area contributed by atoms with Crippen LogP contribution in [0.25, 0.3) is 0 Å². The predicted octanol–water partition coefficient (Wildman–Crippen LogP) is 1.74. The minimum Gasteiger partial charge on any atom is -0.352 e. The molecule has 25 heavy (non-hydrogen) atoms. The average Bonchev–Trinajstić information content (AvgIpc) is 2.89. The van der Waals surface area contributed by atoms with Crippen LogP contribution in [-0.2, 0) is 20.9 Å². The van der Waals surface area contributed by atoms with Crippen molar-refractivity contribution in [3.8, 4) is 6.07 Å². The Kier molecular flexibility index (Phi) is 5.13. The summed E-state index contributed by atoms with van der Waals surface area (Å²) in [6.45, 7) is 0.515. The van der Waals surface area contributed by atoms with Gasteiger partial charge in [-0.15, -0.1) is 0 Å². The molecule has 2 unspecified atom stereocenters. The zero-order chi connectivity index (χ0) is 17.8. The second-order valence-corrected chi connectivity index (χ2v) is 6.66. The lowest BCUT2D eigenvalue weighted by Gasteiger charge is -2.19. The smallest absolute Gasteiger partial charge is 0.233 e. The van der Waals surface area contributed by atoms with E-state index in [1.54, 1.807) is 24.3 Å². The van der Waals surface area contributed by atoms with Gasteiger partial charge in [-0.1, -0.05) is 25.0 Å². The van der Waals surface area contributed by atoms with E-state index in [4.69, 9.17) is 5.26 Å². The van der Waals surface area contributed by atoms with Crippen molar-refractivity contribution in [1.82, 2.24) is 10.2 Å². The molecule has 2 atom stereocenters. The summed E-state index contributed by atoms with van der Waals surface area (Å²) in [4.78, 5) is 38.0. The number of hydrogen-bond acceptors (Lipinski definition) is 4. The van der Waals surface area contributed by atoms with Crippen molar-refractivity contribution in [3.63, 3.8) is 0 Å². The van der Waals surface area contributed by atoms with Crippen molar-refractivity contribution >= 4 is 17.7 Å². The van der Waals surface area contributed by atoms with Gasteiger partial charge in [0.2, 0.25) is 17.7 Å². The average molecular weight is 339 g/mol. The van der Waals surface area contributed by atoms with Crippen LogP contribution in [0.2, 0.25) is 0 Å². The Balaban J connectivity index is 1.48. The first-order chi connectivity index (χ1) is 12.1. The molecule has 3 rings (SSSR count). The minimum absolute atomic E-state index is 0.102. The molecule has 6 nitrogen and oxygen atoms in total. The maximum absolute atomic E-state index is 12.3. The summed E-state index contributed by atoms with van der Waals surface area (Å²) in [5.74, 6) is -0.727. The second kappa shape index (κ2) is 7.47. The summed E-state index contributed by atoms with van der Waals surface area (Å²) in [5.41, 5.74) is 1.47. The van der Waals surface area contributed by atoms with Gasteiger partial charge in [-0.2, -0.15) is 5.26 Å². The van der Waals surface area contributed by atoms with Crippen molar-refractivity contribution in [2.45, 2.75) is 38.6 Å². The van der Waals surface area contributed by atoms with E-state index >= 15 is 0 Å². The lowest BCUT2D eigenvalue weighted by Crippen LogP contribution is -2.35. The Morgan fingerprint density at radius 2 is 1.72 bits per heavy atom. The predicted molar refractivity (Wildman–Crippen MR) is 89.8 cm³/mol. The monoisotopic (exact) mass is 339 g/mol. The lowest BCUT2D eigenvalue weighted by molar-refractivity contribution is -0.140. The zero-order valence-electron chi connectivity index (χ0n) is 14.0. The molecule has 130 valence electrons. The SMILES string of the molecule is N#Cc1ccc(CNC(=O)CCN2C(=O)C3CCCCC3C2=O)cc1. The van der Waals surface area contributed by atoms with E-state index in [0.29, 0.717) is 12.1 Å². The number of nitrogens with one attached hydrogen (secondary N) is 1. The largest absolute Gasteiger partial charge is 0.352 e. The number of benzene rings is 1. The number of carbonyl (C=O) groups excluding carboxylic acids is 3. The maximum Gasteiger partial charge on any atom is 0.233 e. The summed E-state index contributed by atoms with van der Waals surface area (Å²) in [5, 5.41) is 11.5. The topological polar surface area (TPSA) is 90.3 Å². The number of likely N-dealkylation sites (tertiary alicyclic amines) is 1. The Bertz CT molecular complexity index is 696. The van der Waals surface area contributed by atoms with Crippen LogP contribution in [0.1, 0.15) is 43.2 Å². The van der Waals surface area contributed by atoms with E-state index in [2.05, 4.69) is 5.32 Å². The van der Waals surface area contributed by atoms with Gasteiger partial charge in [0.05, 0.1) is 23.5 Å². The summed E-state index contributed by atoms with van der Waals surface area (Å²) >= 11 is 0. The van der Waals surface area contributed by atoms with Crippen molar-refractivity contribution in [3.05, 3.63) is 35.4 Å². The van der Waals surface area contributed by atoms with E-state index in [9.17, 15) is 14.4 Å². The molecule has 1 heterocycles. The number of imide groups is 1. The fourth-order valence-electron chi connectivity index (χ4n) is 3.65. The van der Waals surface area contributed by atoms with Crippen LogP contribution < -0.4 is 5.32 Å². The number of fused-ring (bicyclic) bond motifs is 1. The third kappa shape index (κ3) is 3.71. The molecule has 1 aliphatic carbocycles. The molecule has 1 N–H and O–H groups in total. The van der Waals surface area contributed by atoms with Gasteiger partial charge in [-0.3, -0.25) is 19.3 Å². The van der Waals surface area contributed by atoms with Gasteiger partial charge >= 0.3 is 0 Å². The fraction of sp³-hybridized carbons (Fsp3) is 0.474. The third-order valence-electron chi connectivity index (χ3n) is 5.07. The first-order valence-electron chi connectivity index (χ1n) is 8.71. The van der Waals surface area contributed by atoms with Crippen LogP contribution in [0, 0.1) is 23.2 Å². The van der Waals surface area contributed by atoms with Crippen LogP contribution in [0.15, 0.2) is 24.3 Å². The molecule has 2 fully saturated rings. The fourth-order valence-corrected chi connectivity index (χ4v) is 3.65. The molecule has 0 bridgehead atoms. The Hall–Kier alpha value is -2.68. The molecule has 1 saturated carbocycles. The quantitative estimate of drug-likeness (QED) is 0.827. The number of nitrogens with zero attached hydrogens (tertiary/aromatic N) is 2. The van der Waals surface area contributed by atoms with E-state index in [1.165, 1.54) is 4.90 Å². The molecular weight excluding hydrogens is 318 g/mol. The van der Waals surface area contributed by atoms with Crippen LogP contribution in [0.3, 0.4) is 0 Å². The molecule has 6 heteroatoms. The number of carbonyl (C=O) groups is 3. The Morgan fingerprint density at radius 3 is 2.28 bits per heavy atom. The van der Waals surface area contributed by atoms with Crippen molar-refractivity contribution in [2.24, 2.45) is 11.8 Å². The number of hydrogen-bond donors (Lipinski definition) is 1. The van der Waals surface area contributed by atoms with E-state index in [1.807, 2.05) is 6.07 Å². The molecule has 1 aliphatic heterocycles. The van der Waals surface area contributed by atoms with E-state index in [-0.39, 0.29) is 42.5 Å². The highest BCUT2D eigenvalue weighted by atomic mass is 16.2. The Labute approximate surface area is 146 Å². The van der Waals surface area contributed by atoms with Gasteiger partial charge in [0.15, 0.2) is 0 Å². The minimum atomic E-state index is -0.195. The molecule has 0 spiro atoms. The van der Waals surface area contributed by atoms with Gasteiger partial charge in [0, 0.05) is 19.5 Å². The highest BCUT2D eigenvalue weighted by Crippen LogP contribution is 2.37. The highest BCUT2D eigenvalue weighted by molar-refractivity contribution is 6.05. The molecule has 0 radical (unpaired) electrons. The van der Waals surface area contributed by atoms with Crippen molar-refractivity contribution in [1.29, 1.82) is 5.26 Å². The van der Waals surface area contributed by atoms with Gasteiger partial charge < -0.3 is 5.32 Å². The van der Waals surface area contributed by atoms with Crippen LogP contribution in [0.5, 0.6) is 0 Å². The lowest BCUT2D eigenvalue weighted by atomic mass is 9.81. The highest BCUT2D eigenvalue weighted by Gasteiger charge is 2.47. The molecule has 1 saturated heterocycles. The van der Waals surface area contributed by atoms with Gasteiger partial charge in [0.25, 0.3) is 0 Å². The number of nitriles is 1. The van der Waals surface area contributed by atoms with Crippen LogP contribution >= 0.6 is 0 Å². The van der Waals surface area contributed by atoms with E-state index < -0.39 is 0 Å². The molecular formula is C19H21N3O3. The van der Waals surface area contributed by atoms with Crippen LogP contribution in [-0.4, -0.2) is 29.2 Å². The summed E-state index contributed by atoms with van der Waals surface area (Å²) in [6.07, 6.45) is 3.69. The standard InChI is InChI=1S/C19H21N3O3/c20-11-13-5-7-14(8-6-13)12-21-17(23)9-10-22-18(24)15-3-1-2-4-16(15)19(22)25/h5-8,15-16H,1-4,9-10,12H2,(H,21,23). The van der Waals surface area contributed by atoms with Crippen molar-refractivity contribution < 1.29 is 14.4 Å². The maximum atomic E-state index is 12.3. The molecule has 2 aliphatic rings. The molecule has 0 aromatic heterocycles. The molecule has 3 amide bonds. The summed E-state index contributed by atoms with van der Waals surface area (Å²) in [7, 11) is 0. The van der Waals surface area contributed by atoms with Gasteiger partial charge in [-0.05, 0) is 30.5 Å². The number of amides is 3. The first-order valence-corrected chi connectivity index (χ1v) is 8.71.